The largest absolute Gasteiger partial charge is 0.481 e. The molecule has 128 valence electrons. The normalized spacial score (nSPS) is 14.1. The molecule has 1 rings (SSSR count). The fraction of sp³-hybridized carbons (Fsp3) is 0.833. The highest BCUT2D eigenvalue weighted by molar-refractivity contribution is 14.1. The topological polar surface area (TPSA) is 27.1 Å². The van der Waals surface area contributed by atoms with E-state index in [2.05, 4.69) is 55.0 Å². The molecule has 0 saturated heterocycles. The molecule has 1 aromatic heterocycles. The standard InChI is InChI=1S/C18H33IN2O/c1-6-8-10-11-12-14-18(4,13-9-7-2)21-17(22-5)15(3)16(19)20-21/h6-14H2,1-5H3. The van der Waals surface area contributed by atoms with E-state index < -0.39 is 0 Å². The Bertz CT molecular complexity index is 445. The molecule has 4 heteroatoms. The van der Waals surface area contributed by atoms with Gasteiger partial charge in [-0.1, -0.05) is 58.8 Å². The minimum Gasteiger partial charge on any atom is -0.481 e. The Balaban J connectivity index is 2.88. The lowest BCUT2D eigenvalue weighted by atomic mass is 9.88. The Labute approximate surface area is 150 Å². The van der Waals surface area contributed by atoms with Gasteiger partial charge in [-0.25, -0.2) is 4.68 Å². The van der Waals surface area contributed by atoms with Crippen molar-refractivity contribution in [3.63, 3.8) is 0 Å². The number of rotatable bonds is 11. The second-order valence-electron chi connectivity index (χ2n) is 6.60. The first-order valence-corrected chi connectivity index (χ1v) is 9.87. The zero-order valence-electron chi connectivity index (χ0n) is 15.0. The van der Waals surface area contributed by atoms with Crippen molar-refractivity contribution in [1.29, 1.82) is 0 Å². The molecular formula is C18H33IN2O. The van der Waals surface area contributed by atoms with E-state index in [-0.39, 0.29) is 5.54 Å². The lowest BCUT2D eigenvalue weighted by Gasteiger charge is -2.31. The van der Waals surface area contributed by atoms with E-state index in [1.165, 1.54) is 57.8 Å². The van der Waals surface area contributed by atoms with Crippen LogP contribution in [0.15, 0.2) is 0 Å². The van der Waals surface area contributed by atoms with Crippen molar-refractivity contribution in [1.82, 2.24) is 9.78 Å². The smallest absolute Gasteiger partial charge is 0.216 e. The van der Waals surface area contributed by atoms with Gasteiger partial charge in [0.15, 0.2) is 0 Å². The zero-order valence-corrected chi connectivity index (χ0v) is 17.2. The van der Waals surface area contributed by atoms with E-state index >= 15 is 0 Å². The number of hydrogen-bond donors (Lipinski definition) is 0. The van der Waals surface area contributed by atoms with Crippen LogP contribution in [0.25, 0.3) is 0 Å². The predicted octanol–water partition coefficient (Wildman–Crippen LogP) is 6.07. The van der Waals surface area contributed by atoms with Crippen molar-refractivity contribution < 1.29 is 4.74 Å². The summed E-state index contributed by atoms with van der Waals surface area (Å²) in [5.74, 6) is 0.941. The van der Waals surface area contributed by atoms with Crippen LogP contribution in [0.5, 0.6) is 5.88 Å². The number of nitrogens with zero attached hydrogens (tertiary/aromatic N) is 2. The number of hydrogen-bond acceptors (Lipinski definition) is 2. The van der Waals surface area contributed by atoms with Crippen LogP contribution in [-0.4, -0.2) is 16.9 Å². The maximum atomic E-state index is 5.66. The summed E-state index contributed by atoms with van der Waals surface area (Å²) in [6, 6.07) is 0. The second-order valence-corrected chi connectivity index (χ2v) is 7.62. The molecule has 0 bridgehead atoms. The SMILES string of the molecule is CCCCCCCC(C)(CCCC)n1nc(I)c(C)c1OC. The minimum absolute atomic E-state index is 0.0712. The highest BCUT2D eigenvalue weighted by Gasteiger charge is 2.31. The minimum atomic E-state index is 0.0712. The molecule has 0 amide bonds. The van der Waals surface area contributed by atoms with Gasteiger partial charge in [-0.15, -0.1) is 0 Å². The maximum Gasteiger partial charge on any atom is 0.216 e. The van der Waals surface area contributed by atoms with Crippen molar-refractivity contribution in [2.75, 3.05) is 7.11 Å². The summed E-state index contributed by atoms with van der Waals surface area (Å²) >= 11 is 2.32. The molecule has 0 saturated carbocycles. The van der Waals surface area contributed by atoms with Gasteiger partial charge in [0.25, 0.3) is 0 Å². The fourth-order valence-corrected chi connectivity index (χ4v) is 3.51. The zero-order chi connectivity index (χ0) is 16.6. The molecule has 1 unspecified atom stereocenters. The van der Waals surface area contributed by atoms with Crippen LogP contribution in [-0.2, 0) is 5.54 Å². The fourth-order valence-electron chi connectivity index (χ4n) is 3.06. The first-order chi connectivity index (χ1) is 10.5. The summed E-state index contributed by atoms with van der Waals surface area (Å²) in [4.78, 5) is 0. The Morgan fingerprint density at radius 1 is 1.05 bits per heavy atom. The molecule has 0 radical (unpaired) electrons. The molecule has 0 aliphatic rings. The van der Waals surface area contributed by atoms with Crippen LogP contribution in [0.4, 0.5) is 0 Å². The molecule has 3 nitrogen and oxygen atoms in total. The molecule has 0 aliphatic heterocycles. The van der Waals surface area contributed by atoms with E-state index in [4.69, 9.17) is 9.84 Å². The second kappa shape index (κ2) is 9.78. The van der Waals surface area contributed by atoms with E-state index in [9.17, 15) is 0 Å². The van der Waals surface area contributed by atoms with Gasteiger partial charge in [0.05, 0.1) is 12.6 Å². The first-order valence-electron chi connectivity index (χ1n) is 8.79. The number of aromatic nitrogens is 2. The number of methoxy groups -OCH3 is 1. The lowest BCUT2D eigenvalue weighted by Crippen LogP contribution is -2.32. The summed E-state index contributed by atoms with van der Waals surface area (Å²) in [6.07, 6.45) is 11.4. The summed E-state index contributed by atoms with van der Waals surface area (Å²) < 4.78 is 8.89. The molecule has 1 heterocycles. The van der Waals surface area contributed by atoms with E-state index in [1.807, 2.05) is 0 Å². The van der Waals surface area contributed by atoms with Gasteiger partial charge in [-0.2, -0.15) is 5.10 Å². The molecule has 22 heavy (non-hydrogen) atoms. The first kappa shape index (κ1) is 19.8. The summed E-state index contributed by atoms with van der Waals surface area (Å²) in [5, 5.41) is 4.80. The molecule has 1 aromatic rings. The van der Waals surface area contributed by atoms with Crippen LogP contribution in [0.2, 0.25) is 0 Å². The van der Waals surface area contributed by atoms with Crippen LogP contribution < -0.4 is 4.74 Å². The van der Waals surface area contributed by atoms with Gasteiger partial charge in [-0.3, -0.25) is 0 Å². The monoisotopic (exact) mass is 420 g/mol. The van der Waals surface area contributed by atoms with Gasteiger partial charge in [0.1, 0.15) is 3.70 Å². The molecule has 0 aliphatic carbocycles. The molecule has 0 N–H and O–H groups in total. The van der Waals surface area contributed by atoms with Gasteiger partial charge in [0.2, 0.25) is 5.88 Å². The molecular weight excluding hydrogens is 387 g/mol. The molecule has 0 fully saturated rings. The predicted molar refractivity (Wildman–Crippen MR) is 103 cm³/mol. The molecule has 0 aromatic carbocycles. The van der Waals surface area contributed by atoms with Gasteiger partial charge in [0, 0.05) is 5.56 Å². The van der Waals surface area contributed by atoms with E-state index in [0.717, 1.165) is 15.1 Å². The highest BCUT2D eigenvalue weighted by atomic mass is 127. The number of ether oxygens (including phenoxy) is 1. The Morgan fingerprint density at radius 2 is 1.64 bits per heavy atom. The summed E-state index contributed by atoms with van der Waals surface area (Å²) in [6.45, 7) is 8.99. The Kier molecular flexibility index (Phi) is 8.80. The van der Waals surface area contributed by atoms with Gasteiger partial charge >= 0.3 is 0 Å². The van der Waals surface area contributed by atoms with Crippen molar-refractivity contribution in [2.24, 2.45) is 0 Å². The van der Waals surface area contributed by atoms with Gasteiger partial charge < -0.3 is 4.74 Å². The van der Waals surface area contributed by atoms with E-state index in [0.29, 0.717) is 0 Å². The third kappa shape index (κ3) is 5.14. The van der Waals surface area contributed by atoms with Crippen LogP contribution in [0.3, 0.4) is 0 Å². The van der Waals surface area contributed by atoms with Crippen molar-refractivity contribution in [3.05, 3.63) is 9.26 Å². The number of halogens is 1. The van der Waals surface area contributed by atoms with Crippen molar-refractivity contribution >= 4 is 22.6 Å². The Hall–Kier alpha value is -0.260. The quantitative estimate of drug-likeness (QED) is 0.321. The number of unbranched alkanes of at least 4 members (excludes halogenated alkanes) is 5. The third-order valence-corrected chi connectivity index (χ3v) is 5.63. The van der Waals surface area contributed by atoms with Gasteiger partial charge in [-0.05, 0) is 49.3 Å². The van der Waals surface area contributed by atoms with Crippen LogP contribution in [0, 0.1) is 10.6 Å². The third-order valence-electron chi connectivity index (χ3n) is 4.60. The summed E-state index contributed by atoms with van der Waals surface area (Å²) in [7, 11) is 1.76. The van der Waals surface area contributed by atoms with Crippen LogP contribution in [0.1, 0.15) is 84.1 Å². The lowest BCUT2D eigenvalue weighted by molar-refractivity contribution is 0.199. The highest BCUT2D eigenvalue weighted by Crippen LogP contribution is 2.36. The Morgan fingerprint density at radius 3 is 2.23 bits per heavy atom. The van der Waals surface area contributed by atoms with Crippen molar-refractivity contribution in [2.45, 2.75) is 91.0 Å². The van der Waals surface area contributed by atoms with Crippen molar-refractivity contribution in [3.8, 4) is 5.88 Å². The van der Waals surface area contributed by atoms with E-state index in [1.54, 1.807) is 7.11 Å². The maximum absolute atomic E-state index is 5.66. The molecule has 1 atom stereocenters. The average molecular weight is 420 g/mol. The summed E-state index contributed by atoms with van der Waals surface area (Å²) in [5.41, 5.74) is 1.23. The van der Waals surface area contributed by atoms with Crippen LogP contribution >= 0.6 is 22.6 Å². The average Bonchev–Trinajstić information content (AvgIpc) is 2.80. The molecule has 0 spiro atoms.